The fourth-order valence-corrected chi connectivity index (χ4v) is 4.15. The van der Waals surface area contributed by atoms with Crippen molar-refractivity contribution in [2.45, 2.75) is 43.9 Å². The highest BCUT2D eigenvalue weighted by molar-refractivity contribution is 8.00. The average molecular weight is 266 g/mol. The molecule has 3 heterocycles. The number of aliphatic carboxylic acids is 1. The Kier molecular flexibility index (Phi) is 3.33. The van der Waals surface area contributed by atoms with Crippen LogP contribution in [-0.2, 0) is 24.2 Å². The van der Waals surface area contributed by atoms with Gasteiger partial charge in [-0.15, -0.1) is 0 Å². The Bertz CT molecular complexity index is 452. The van der Waals surface area contributed by atoms with Gasteiger partial charge in [0, 0.05) is 30.1 Å². The monoisotopic (exact) mass is 266 g/mol. The molecular weight excluding hydrogens is 248 g/mol. The van der Waals surface area contributed by atoms with Crippen LogP contribution in [0.1, 0.15) is 30.8 Å². The highest BCUT2D eigenvalue weighted by atomic mass is 32.2. The van der Waals surface area contributed by atoms with E-state index in [0.717, 1.165) is 25.1 Å². The van der Waals surface area contributed by atoms with Crippen molar-refractivity contribution in [3.05, 3.63) is 17.7 Å². The second kappa shape index (κ2) is 4.96. The van der Waals surface area contributed by atoms with Gasteiger partial charge in [-0.3, -0.25) is 4.79 Å². The van der Waals surface area contributed by atoms with Gasteiger partial charge in [0.05, 0.1) is 5.92 Å². The molecular formula is C13H18N2O2S. The van der Waals surface area contributed by atoms with Crippen LogP contribution in [-0.4, -0.2) is 31.6 Å². The first-order valence-electron chi connectivity index (χ1n) is 6.61. The molecule has 1 saturated heterocycles. The lowest BCUT2D eigenvalue weighted by Crippen LogP contribution is -2.27. The number of nitrogens with zero attached hydrogens (tertiary/aromatic N) is 2. The normalized spacial score (nSPS) is 27.1. The van der Waals surface area contributed by atoms with Gasteiger partial charge in [0.15, 0.2) is 0 Å². The first-order valence-corrected chi connectivity index (χ1v) is 7.66. The number of carbonyl (C=O) groups is 1. The first kappa shape index (κ1) is 12.1. The molecule has 0 aromatic carbocycles. The van der Waals surface area contributed by atoms with Crippen LogP contribution in [0, 0.1) is 5.92 Å². The molecule has 2 aliphatic rings. The van der Waals surface area contributed by atoms with Gasteiger partial charge in [-0.2, -0.15) is 11.8 Å². The van der Waals surface area contributed by atoms with Crippen LogP contribution in [0.2, 0.25) is 0 Å². The number of imidazole rings is 1. The van der Waals surface area contributed by atoms with E-state index in [9.17, 15) is 4.79 Å². The fraction of sp³-hybridized carbons (Fsp3) is 0.692. The maximum absolute atomic E-state index is 11.1. The Balaban J connectivity index is 1.76. The van der Waals surface area contributed by atoms with Crippen LogP contribution in [0.3, 0.4) is 0 Å². The number of rotatable bonds is 3. The smallest absolute Gasteiger partial charge is 0.308 e. The highest BCUT2D eigenvalue weighted by Gasteiger charge is 2.27. The van der Waals surface area contributed by atoms with E-state index in [2.05, 4.69) is 9.55 Å². The highest BCUT2D eigenvalue weighted by Crippen LogP contribution is 2.30. The van der Waals surface area contributed by atoms with Crippen molar-refractivity contribution >= 4 is 17.7 Å². The standard InChI is InChI=1S/C13H18N2O2S/c16-13(17)9-3-4-10-7-14-12(15(10)8-9)6-11-2-1-5-18-11/h7,9,11H,1-6,8H2,(H,16,17). The molecule has 2 unspecified atom stereocenters. The lowest BCUT2D eigenvalue weighted by Gasteiger charge is -2.23. The van der Waals surface area contributed by atoms with E-state index in [1.807, 2.05) is 18.0 Å². The topological polar surface area (TPSA) is 55.1 Å². The molecule has 0 aliphatic carbocycles. The minimum Gasteiger partial charge on any atom is -0.481 e. The van der Waals surface area contributed by atoms with Crippen LogP contribution in [0.25, 0.3) is 0 Å². The molecule has 4 nitrogen and oxygen atoms in total. The van der Waals surface area contributed by atoms with Gasteiger partial charge in [-0.25, -0.2) is 4.98 Å². The molecule has 3 rings (SSSR count). The Morgan fingerprint density at radius 2 is 2.44 bits per heavy atom. The Labute approximate surface area is 111 Å². The molecule has 5 heteroatoms. The summed E-state index contributed by atoms with van der Waals surface area (Å²) in [6, 6.07) is 0. The maximum atomic E-state index is 11.1. The van der Waals surface area contributed by atoms with Gasteiger partial charge < -0.3 is 9.67 Å². The minimum atomic E-state index is -0.671. The average Bonchev–Trinajstić information content (AvgIpc) is 2.99. The lowest BCUT2D eigenvalue weighted by molar-refractivity contribution is -0.142. The summed E-state index contributed by atoms with van der Waals surface area (Å²) >= 11 is 2.03. The van der Waals surface area contributed by atoms with E-state index in [0.29, 0.717) is 11.8 Å². The van der Waals surface area contributed by atoms with Gasteiger partial charge in [-0.05, 0) is 31.4 Å². The zero-order valence-electron chi connectivity index (χ0n) is 10.3. The number of thioether (sulfide) groups is 1. The third-order valence-corrected chi connectivity index (χ3v) is 5.35. The number of carboxylic acid groups (broad SMARTS) is 1. The van der Waals surface area contributed by atoms with Crippen molar-refractivity contribution in [2.75, 3.05) is 5.75 Å². The van der Waals surface area contributed by atoms with E-state index in [1.165, 1.54) is 24.3 Å². The SMILES string of the molecule is O=C(O)C1CCc2cnc(CC3CCCS3)n2C1. The van der Waals surface area contributed by atoms with Crippen LogP contribution >= 0.6 is 11.8 Å². The van der Waals surface area contributed by atoms with Crippen molar-refractivity contribution < 1.29 is 9.90 Å². The molecule has 0 amide bonds. The third-order valence-electron chi connectivity index (χ3n) is 3.96. The lowest BCUT2D eigenvalue weighted by atomic mass is 9.98. The summed E-state index contributed by atoms with van der Waals surface area (Å²) in [5.41, 5.74) is 1.21. The number of aryl methyl sites for hydroxylation is 1. The number of fused-ring (bicyclic) bond motifs is 1. The molecule has 1 aromatic heterocycles. The van der Waals surface area contributed by atoms with Crippen LogP contribution < -0.4 is 0 Å². The van der Waals surface area contributed by atoms with Crippen molar-refractivity contribution in [1.82, 2.24) is 9.55 Å². The zero-order chi connectivity index (χ0) is 12.5. The molecule has 18 heavy (non-hydrogen) atoms. The Morgan fingerprint density at radius 1 is 1.56 bits per heavy atom. The van der Waals surface area contributed by atoms with E-state index in [1.54, 1.807) is 0 Å². The predicted octanol–water partition coefficient (Wildman–Crippen LogP) is 1.97. The summed E-state index contributed by atoms with van der Waals surface area (Å²) < 4.78 is 2.15. The molecule has 0 saturated carbocycles. The van der Waals surface area contributed by atoms with Gasteiger partial charge in [0.25, 0.3) is 0 Å². The second-order valence-electron chi connectivity index (χ2n) is 5.19. The summed E-state index contributed by atoms with van der Waals surface area (Å²) in [6.07, 6.45) is 7.11. The van der Waals surface area contributed by atoms with Gasteiger partial charge >= 0.3 is 5.97 Å². The quantitative estimate of drug-likeness (QED) is 0.908. The molecule has 2 atom stereocenters. The Morgan fingerprint density at radius 3 is 3.17 bits per heavy atom. The van der Waals surface area contributed by atoms with E-state index in [-0.39, 0.29) is 5.92 Å². The summed E-state index contributed by atoms with van der Waals surface area (Å²) in [5.74, 6) is 1.45. The summed E-state index contributed by atoms with van der Waals surface area (Å²) in [7, 11) is 0. The molecule has 0 radical (unpaired) electrons. The summed E-state index contributed by atoms with van der Waals surface area (Å²) in [6.45, 7) is 0.609. The molecule has 98 valence electrons. The summed E-state index contributed by atoms with van der Waals surface area (Å²) in [5, 5.41) is 9.82. The van der Waals surface area contributed by atoms with Crippen molar-refractivity contribution in [2.24, 2.45) is 5.92 Å². The van der Waals surface area contributed by atoms with Crippen molar-refractivity contribution in [3.63, 3.8) is 0 Å². The van der Waals surface area contributed by atoms with Crippen LogP contribution in [0.4, 0.5) is 0 Å². The molecule has 2 aliphatic heterocycles. The number of hydrogen-bond donors (Lipinski definition) is 1. The van der Waals surface area contributed by atoms with Crippen LogP contribution in [0.15, 0.2) is 6.20 Å². The molecule has 0 bridgehead atoms. The van der Waals surface area contributed by atoms with Gasteiger partial charge in [-0.1, -0.05) is 0 Å². The fourth-order valence-electron chi connectivity index (χ4n) is 2.88. The maximum Gasteiger partial charge on any atom is 0.308 e. The molecule has 0 spiro atoms. The van der Waals surface area contributed by atoms with Crippen molar-refractivity contribution in [3.8, 4) is 0 Å². The predicted molar refractivity (Wildman–Crippen MR) is 70.9 cm³/mol. The second-order valence-corrected chi connectivity index (χ2v) is 6.60. The van der Waals surface area contributed by atoms with Gasteiger partial charge in [0.2, 0.25) is 0 Å². The van der Waals surface area contributed by atoms with E-state index in [4.69, 9.17) is 5.11 Å². The molecule has 1 fully saturated rings. The first-order chi connectivity index (χ1) is 8.74. The van der Waals surface area contributed by atoms with E-state index >= 15 is 0 Å². The third kappa shape index (κ3) is 2.28. The molecule has 1 aromatic rings. The number of aromatic nitrogens is 2. The minimum absolute atomic E-state index is 0.235. The van der Waals surface area contributed by atoms with E-state index < -0.39 is 5.97 Å². The molecule has 1 N–H and O–H groups in total. The largest absolute Gasteiger partial charge is 0.481 e. The van der Waals surface area contributed by atoms with Crippen LogP contribution in [0.5, 0.6) is 0 Å². The number of hydrogen-bond acceptors (Lipinski definition) is 3. The zero-order valence-corrected chi connectivity index (χ0v) is 11.2. The van der Waals surface area contributed by atoms with Crippen molar-refractivity contribution in [1.29, 1.82) is 0 Å². The van der Waals surface area contributed by atoms with Gasteiger partial charge in [0.1, 0.15) is 5.82 Å². The summed E-state index contributed by atoms with van der Waals surface area (Å²) in [4.78, 5) is 15.6. The number of carboxylic acids is 1. The Hall–Kier alpha value is -0.970.